The van der Waals surface area contributed by atoms with Crippen molar-refractivity contribution in [3.05, 3.63) is 302 Å². The summed E-state index contributed by atoms with van der Waals surface area (Å²) in [5, 5.41) is 8.88. The molecule has 7 heterocycles. The van der Waals surface area contributed by atoms with E-state index in [0.717, 1.165) is 84.5 Å². The van der Waals surface area contributed by atoms with Gasteiger partial charge in [0, 0.05) is 54.0 Å². The predicted molar refractivity (Wildman–Crippen MR) is 363 cm³/mol. The Balaban J connectivity index is 0.000000127. The van der Waals surface area contributed by atoms with E-state index in [1.807, 2.05) is 285 Å². The van der Waals surface area contributed by atoms with E-state index in [1.165, 1.54) is 16.5 Å². The molecule has 0 radical (unpaired) electrons. The molecule has 0 amide bonds. The van der Waals surface area contributed by atoms with Gasteiger partial charge in [0.05, 0.1) is 18.6 Å². The first kappa shape index (κ1) is 63.7. The van der Waals surface area contributed by atoms with E-state index < -0.39 is 0 Å². The Hall–Kier alpha value is -11.8. The number of para-hydroxylation sites is 5. The van der Waals surface area contributed by atoms with Crippen molar-refractivity contribution in [2.75, 3.05) is 0 Å². The van der Waals surface area contributed by atoms with E-state index in [9.17, 15) is 0 Å². The minimum Gasteiger partial charge on any atom is -0.461 e. The van der Waals surface area contributed by atoms with Crippen molar-refractivity contribution in [2.45, 2.75) is 55.4 Å². The van der Waals surface area contributed by atoms with E-state index in [2.05, 4.69) is 53.3 Å². The van der Waals surface area contributed by atoms with Crippen LogP contribution in [0.15, 0.2) is 286 Å². The highest BCUT2D eigenvalue weighted by atomic mass is 16.4. The summed E-state index contributed by atoms with van der Waals surface area (Å²) in [4.78, 5) is 20.9. The lowest BCUT2D eigenvalue weighted by molar-refractivity contribution is 0.532. The summed E-state index contributed by atoms with van der Waals surface area (Å²) in [7, 11) is 0. The van der Waals surface area contributed by atoms with Gasteiger partial charge >= 0.3 is 0 Å². The first-order valence-corrected chi connectivity index (χ1v) is 29.5. The average molecular weight is 1200 g/mol. The molecule has 454 valence electrons. The molecule has 0 N–H and O–H groups in total. The van der Waals surface area contributed by atoms with Crippen LogP contribution in [-0.2, 0) is 0 Å². The van der Waals surface area contributed by atoms with Crippen LogP contribution in [0.3, 0.4) is 0 Å². The lowest BCUT2D eigenvalue weighted by Crippen LogP contribution is -1.77. The Morgan fingerprint density at radius 2 is 0.813 bits per heavy atom. The van der Waals surface area contributed by atoms with Gasteiger partial charge in [0.15, 0.2) is 40.2 Å². The second kappa shape index (κ2) is 32.8. The molecule has 15 rings (SSSR count). The quantitative estimate of drug-likeness (QED) is 0.140. The zero-order chi connectivity index (χ0) is 63.6. The Morgan fingerprint density at radius 1 is 0.319 bits per heavy atom. The summed E-state index contributed by atoms with van der Waals surface area (Å²) in [5.41, 5.74) is 12.0. The number of hydrogen-bond acceptors (Lipinski definition) is 14. The van der Waals surface area contributed by atoms with Gasteiger partial charge in [-0.15, -0.1) is 10.2 Å². The highest BCUT2D eigenvalue weighted by Gasteiger charge is 2.09. The second-order valence-corrected chi connectivity index (χ2v) is 20.2. The molecule has 91 heavy (non-hydrogen) atoms. The van der Waals surface area contributed by atoms with Gasteiger partial charge in [0.2, 0.25) is 29.5 Å². The predicted octanol–water partition coefficient (Wildman–Crippen LogP) is 21.2. The Bertz CT molecular complexity index is 4510. The van der Waals surface area contributed by atoms with Crippen LogP contribution >= 0.6 is 0 Å². The van der Waals surface area contributed by atoms with E-state index in [1.54, 1.807) is 25.5 Å². The van der Waals surface area contributed by atoms with Crippen molar-refractivity contribution in [3.8, 4) is 56.9 Å². The molecule has 0 aliphatic carbocycles. The maximum absolute atomic E-state index is 5.83. The molecular formula is C77H69N7O7. The van der Waals surface area contributed by atoms with Crippen molar-refractivity contribution in [3.63, 3.8) is 0 Å². The van der Waals surface area contributed by atoms with E-state index in [0.29, 0.717) is 35.3 Å². The van der Waals surface area contributed by atoms with Crippen molar-refractivity contribution in [2.24, 2.45) is 0 Å². The summed E-state index contributed by atoms with van der Waals surface area (Å²) in [5.74, 6) is 7.95. The Morgan fingerprint density at radius 3 is 1.36 bits per heavy atom. The number of nitrogens with zero attached hydrogens (tertiary/aromatic N) is 7. The molecular weight excluding hydrogens is 1130 g/mol. The summed E-state index contributed by atoms with van der Waals surface area (Å²) < 4.78 is 38.0. The molecule has 0 aliphatic rings. The topological polar surface area (TPSA) is 182 Å². The van der Waals surface area contributed by atoms with Gasteiger partial charge in [-0.2, -0.15) is 0 Å². The van der Waals surface area contributed by atoms with Gasteiger partial charge in [-0.1, -0.05) is 188 Å². The number of oxazole rings is 5. The first-order chi connectivity index (χ1) is 44.5. The molecule has 0 saturated carbocycles. The maximum atomic E-state index is 5.83. The second-order valence-electron chi connectivity index (χ2n) is 20.2. The number of benzene rings is 8. The molecule has 8 aromatic carbocycles. The van der Waals surface area contributed by atoms with Gasteiger partial charge in [-0.25, -0.2) is 24.9 Å². The summed E-state index contributed by atoms with van der Waals surface area (Å²) >= 11 is 0. The van der Waals surface area contributed by atoms with Crippen molar-refractivity contribution < 1.29 is 30.9 Å². The lowest BCUT2D eigenvalue weighted by atomic mass is 10.1. The van der Waals surface area contributed by atoms with Crippen LogP contribution in [0.25, 0.3) is 108 Å². The number of aryl methyl sites for hydroxylation is 5. The zero-order valence-electron chi connectivity index (χ0n) is 52.0. The molecule has 0 bridgehead atoms. The highest BCUT2D eigenvalue weighted by molar-refractivity contribution is 5.78. The number of rotatable bonds is 8. The molecule has 0 spiro atoms. The SMILES string of the molecule is C/C=C/c1ccc(-c2ncc(-c3ccccc3)o2)cc1.C/C=C/c1nc2ccccc2o1.C/C=C/c1ncc(-c2ccccc2)o1.Cc1cc2ccccc2o1.Cc1ccc(-c2nnc(C)o2)cc1.Cc1nc2ccccc2o1.Cc1ncc(-c2ccccc2)o1. The summed E-state index contributed by atoms with van der Waals surface area (Å²) in [6.45, 7) is 15.4. The van der Waals surface area contributed by atoms with Crippen LogP contribution in [0.5, 0.6) is 0 Å². The molecule has 0 saturated heterocycles. The highest BCUT2D eigenvalue weighted by Crippen LogP contribution is 2.27. The largest absolute Gasteiger partial charge is 0.461 e. The smallest absolute Gasteiger partial charge is 0.247 e. The number of allylic oxidation sites excluding steroid dienone is 3. The van der Waals surface area contributed by atoms with Gasteiger partial charge < -0.3 is 30.9 Å². The monoisotopic (exact) mass is 1200 g/mol. The number of aromatic nitrogens is 7. The molecule has 15 aromatic rings. The normalized spacial score (nSPS) is 10.7. The van der Waals surface area contributed by atoms with Gasteiger partial charge in [-0.05, 0) is 113 Å². The minimum atomic E-state index is 0.581. The van der Waals surface area contributed by atoms with Crippen LogP contribution in [-0.4, -0.2) is 35.1 Å². The van der Waals surface area contributed by atoms with E-state index in [4.69, 9.17) is 30.9 Å². The fourth-order valence-electron chi connectivity index (χ4n) is 8.73. The van der Waals surface area contributed by atoms with Crippen LogP contribution < -0.4 is 0 Å². The maximum Gasteiger partial charge on any atom is 0.247 e. The third-order valence-corrected chi connectivity index (χ3v) is 13.0. The average Bonchev–Trinajstić information content (AvgIpc) is 3.28. The summed E-state index contributed by atoms with van der Waals surface area (Å²) in [6, 6.07) is 71.5. The van der Waals surface area contributed by atoms with E-state index >= 15 is 0 Å². The Labute approximate surface area is 528 Å². The van der Waals surface area contributed by atoms with Crippen LogP contribution in [0.2, 0.25) is 0 Å². The van der Waals surface area contributed by atoms with Gasteiger partial charge in [-0.3, -0.25) is 0 Å². The molecule has 0 fully saturated rings. The number of furan rings is 1. The van der Waals surface area contributed by atoms with Crippen LogP contribution in [0, 0.1) is 34.6 Å². The third-order valence-electron chi connectivity index (χ3n) is 13.0. The molecule has 7 aromatic heterocycles. The molecule has 14 nitrogen and oxygen atoms in total. The number of hydrogen-bond donors (Lipinski definition) is 0. The van der Waals surface area contributed by atoms with Gasteiger partial charge in [0.25, 0.3) is 0 Å². The lowest BCUT2D eigenvalue weighted by Gasteiger charge is -1.98. The van der Waals surface area contributed by atoms with Crippen LogP contribution in [0.1, 0.15) is 67.1 Å². The molecule has 0 atom stereocenters. The Kier molecular flexibility index (Phi) is 23.0. The summed E-state index contributed by atoms with van der Waals surface area (Å²) in [6.07, 6.45) is 16.8. The van der Waals surface area contributed by atoms with Crippen molar-refractivity contribution in [1.82, 2.24) is 35.1 Å². The van der Waals surface area contributed by atoms with Crippen molar-refractivity contribution >= 4 is 51.4 Å². The van der Waals surface area contributed by atoms with E-state index in [-0.39, 0.29) is 0 Å². The first-order valence-electron chi connectivity index (χ1n) is 29.5. The molecule has 0 aliphatic heterocycles. The fourth-order valence-corrected chi connectivity index (χ4v) is 8.73. The van der Waals surface area contributed by atoms with Gasteiger partial charge in [0.1, 0.15) is 22.4 Å². The molecule has 0 unspecified atom stereocenters. The fraction of sp³-hybridized carbons (Fsp3) is 0.104. The standard InChI is InChI=1S/C18H15NO.C12H11NO.C10H10N2O.2C10H9NO.C9H8O.C8H7NO/c1-2-6-14-9-11-16(12-10-14)18-19-13-17(20-18)15-7-4-3-5-8-15;1-2-6-12-13-9-11(14-12)10-7-4-3-5-8-10;1-7-3-5-9(6-4-7)10-12-11-8(2)13-10;1-8-11-7-10(12-8)9-5-3-2-4-6-9;1-2-5-10-11-8-6-3-4-7-9(8)12-10;1-7-6-8-4-2-3-5-9(8)10-7;1-6-9-7-4-2-3-5-8(7)10-6/h2-13H,1H3;2-9H,1H3;3-6H,1-2H3;2*2-7H,1H3;2-6H,1H3;2-5H,1H3/b2*6-2+;;;5-2+;;. The van der Waals surface area contributed by atoms with Crippen molar-refractivity contribution in [1.29, 1.82) is 0 Å². The molecule has 14 heteroatoms. The third kappa shape index (κ3) is 19.1. The zero-order valence-corrected chi connectivity index (χ0v) is 52.0. The minimum absolute atomic E-state index is 0.581. The van der Waals surface area contributed by atoms with Crippen LogP contribution in [0.4, 0.5) is 0 Å². The number of fused-ring (bicyclic) bond motifs is 3.